The van der Waals surface area contributed by atoms with Gasteiger partial charge >= 0.3 is 0 Å². The molecule has 106 valence electrons. The quantitative estimate of drug-likeness (QED) is 0.758. The SMILES string of the molecule is O=C(NCCCOCCO)c1ccc2ccccc2c1. The topological polar surface area (TPSA) is 58.6 Å². The van der Waals surface area contributed by atoms with Crippen molar-refractivity contribution in [2.24, 2.45) is 0 Å². The summed E-state index contributed by atoms with van der Waals surface area (Å²) in [5.41, 5.74) is 0.667. The summed E-state index contributed by atoms with van der Waals surface area (Å²) in [7, 11) is 0. The zero-order chi connectivity index (χ0) is 14.2. The van der Waals surface area contributed by atoms with Crippen LogP contribution in [0, 0.1) is 0 Å². The predicted molar refractivity (Wildman–Crippen MR) is 78.8 cm³/mol. The summed E-state index contributed by atoms with van der Waals surface area (Å²) in [5.74, 6) is -0.0714. The molecule has 0 heterocycles. The molecular formula is C16H19NO3. The number of nitrogens with one attached hydrogen (secondary N) is 1. The highest BCUT2D eigenvalue weighted by Gasteiger charge is 2.05. The van der Waals surface area contributed by atoms with Gasteiger partial charge in [-0.2, -0.15) is 0 Å². The van der Waals surface area contributed by atoms with Gasteiger partial charge in [-0.15, -0.1) is 0 Å². The lowest BCUT2D eigenvalue weighted by atomic mass is 10.1. The zero-order valence-corrected chi connectivity index (χ0v) is 11.3. The number of hydrogen-bond acceptors (Lipinski definition) is 3. The lowest BCUT2D eigenvalue weighted by Gasteiger charge is -2.06. The van der Waals surface area contributed by atoms with Crippen molar-refractivity contribution in [2.75, 3.05) is 26.4 Å². The maximum Gasteiger partial charge on any atom is 0.251 e. The highest BCUT2D eigenvalue weighted by molar-refractivity contribution is 5.98. The standard InChI is InChI=1S/C16H19NO3/c18-9-11-20-10-3-8-17-16(19)15-7-6-13-4-1-2-5-14(13)12-15/h1-2,4-7,12,18H,3,8-11H2,(H,17,19). The average molecular weight is 273 g/mol. The molecule has 2 rings (SSSR count). The number of benzene rings is 2. The first kappa shape index (κ1) is 14.5. The van der Waals surface area contributed by atoms with Crippen LogP contribution >= 0.6 is 0 Å². The van der Waals surface area contributed by atoms with Crippen molar-refractivity contribution in [3.63, 3.8) is 0 Å². The molecule has 20 heavy (non-hydrogen) atoms. The molecule has 4 heteroatoms. The molecule has 0 atom stereocenters. The van der Waals surface area contributed by atoms with Crippen molar-refractivity contribution in [1.82, 2.24) is 5.32 Å². The monoisotopic (exact) mass is 273 g/mol. The van der Waals surface area contributed by atoms with E-state index in [9.17, 15) is 4.79 Å². The van der Waals surface area contributed by atoms with Gasteiger partial charge in [0.2, 0.25) is 0 Å². The van der Waals surface area contributed by atoms with Crippen LogP contribution in [0.3, 0.4) is 0 Å². The van der Waals surface area contributed by atoms with E-state index in [0.29, 0.717) is 25.3 Å². The Labute approximate surface area is 118 Å². The first-order valence-corrected chi connectivity index (χ1v) is 6.77. The molecule has 0 aliphatic heterocycles. The number of rotatable bonds is 7. The fraction of sp³-hybridized carbons (Fsp3) is 0.312. The first-order chi connectivity index (χ1) is 9.81. The lowest BCUT2D eigenvalue weighted by molar-refractivity contribution is 0.0867. The van der Waals surface area contributed by atoms with E-state index in [1.807, 2.05) is 42.5 Å². The van der Waals surface area contributed by atoms with Gasteiger partial charge in [0, 0.05) is 18.7 Å². The van der Waals surface area contributed by atoms with E-state index < -0.39 is 0 Å². The van der Waals surface area contributed by atoms with Crippen molar-refractivity contribution in [3.8, 4) is 0 Å². The van der Waals surface area contributed by atoms with Crippen LogP contribution < -0.4 is 5.32 Å². The number of aliphatic hydroxyl groups excluding tert-OH is 1. The van der Waals surface area contributed by atoms with Crippen molar-refractivity contribution in [1.29, 1.82) is 0 Å². The van der Waals surface area contributed by atoms with Crippen LogP contribution in [0.2, 0.25) is 0 Å². The average Bonchev–Trinajstić information content (AvgIpc) is 2.50. The van der Waals surface area contributed by atoms with Gasteiger partial charge in [-0.05, 0) is 29.3 Å². The second-order valence-electron chi connectivity index (χ2n) is 4.51. The Morgan fingerprint density at radius 3 is 2.70 bits per heavy atom. The Bertz CT molecular complexity index is 568. The molecule has 1 amide bonds. The Kier molecular flexibility index (Phi) is 5.53. The summed E-state index contributed by atoms with van der Waals surface area (Å²) in [4.78, 5) is 12.0. The molecule has 0 saturated carbocycles. The minimum Gasteiger partial charge on any atom is -0.394 e. The van der Waals surface area contributed by atoms with E-state index in [0.717, 1.165) is 17.2 Å². The summed E-state index contributed by atoms with van der Waals surface area (Å²) >= 11 is 0. The highest BCUT2D eigenvalue weighted by Crippen LogP contribution is 2.15. The molecule has 2 N–H and O–H groups in total. The fourth-order valence-electron chi connectivity index (χ4n) is 1.98. The summed E-state index contributed by atoms with van der Waals surface area (Å²) in [5, 5.41) is 13.6. The van der Waals surface area contributed by atoms with E-state index >= 15 is 0 Å². The minimum absolute atomic E-state index is 0.0312. The molecule has 0 aliphatic carbocycles. The van der Waals surface area contributed by atoms with Crippen molar-refractivity contribution < 1.29 is 14.6 Å². The van der Waals surface area contributed by atoms with Crippen LogP contribution in [0.1, 0.15) is 16.8 Å². The second-order valence-corrected chi connectivity index (χ2v) is 4.51. The molecule has 0 bridgehead atoms. The summed E-state index contributed by atoms with van der Waals surface area (Å²) in [6.45, 7) is 1.48. The van der Waals surface area contributed by atoms with Crippen LogP contribution in [0.4, 0.5) is 0 Å². The largest absolute Gasteiger partial charge is 0.394 e. The van der Waals surface area contributed by atoms with Crippen LogP contribution in [-0.4, -0.2) is 37.4 Å². The molecule has 0 fully saturated rings. The maximum atomic E-state index is 12.0. The Hall–Kier alpha value is -1.91. The minimum atomic E-state index is -0.0714. The number of amides is 1. The molecule has 2 aromatic rings. The summed E-state index contributed by atoms with van der Waals surface area (Å²) < 4.78 is 5.13. The van der Waals surface area contributed by atoms with E-state index in [2.05, 4.69) is 5.32 Å². The Morgan fingerprint density at radius 2 is 1.90 bits per heavy atom. The van der Waals surface area contributed by atoms with Gasteiger partial charge < -0.3 is 15.2 Å². The van der Waals surface area contributed by atoms with Crippen LogP contribution in [0.15, 0.2) is 42.5 Å². The van der Waals surface area contributed by atoms with Crippen LogP contribution in [0.5, 0.6) is 0 Å². The van der Waals surface area contributed by atoms with Gasteiger partial charge in [-0.1, -0.05) is 30.3 Å². The molecule has 2 aromatic carbocycles. The number of fused-ring (bicyclic) bond motifs is 1. The third-order valence-electron chi connectivity index (χ3n) is 3.00. The van der Waals surface area contributed by atoms with Gasteiger partial charge in [0.1, 0.15) is 0 Å². The molecule has 0 saturated heterocycles. The van der Waals surface area contributed by atoms with E-state index in [1.165, 1.54) is 0 Å². The van der Waals surface area contributed by atoms with E-state index in [4.69, 9.17) is 9.84 Å². The van der Waals surface area contributed by atoms with Crippen molar-refractivity contribution in [2.45, 2.75) is 6.42 Å². The molecule has 0 spiro atoms. The maximum absolute atomic E-state index is 12.0. The molecular weight excluding hydrogens is 254 g/mol. The summed E-state index contributed by atoms with van der Waals surface area (Å²) in [6.07, 6.45) is 0.735. The van der Waals surface area contributed by atoms with Gasteiger partial charge in [0.05, 0.1) is 13.2 Å². The third kappa shape index (κ3) is 4.05. The van der Waals surface area contributed by atoms with Crippen LogP contribution in [-0.2, 0) is 4.74 Å². The number of hydrogen-bond donors (Lipinski definition) is 2. The molecule has 4 nitrogen and oxygen atoms in total. The van der Waals surface area contributed by atoms with Gasteiger partial charge in [-0.25, -0.2) is 0 Å². The summed E-state index contributed by atoms with van der Waals surface area (Å²) in [6, 6.07) is 13.6. The lowest BCUT2D eigenvalue weighted by Crippen LogP contribution is -2.25. The van der Waals surface area contributed by atoms with E-state index in [-0.39, 0.29) is 12.5 Å². The van der Waals surface area contributed by atoms with Gasteiger partial charge in [0.15, 0.2) is 0 Å². The molecule has 0 radical (unpaired) electrons. The van der Waals surface area contributed by atoms with Gasteiger partial charge in [-0.3, -0.25) is 4.79 Å². The Morgan fingerprint density at radius 1 is 1.10 bits per heavy atom. The highest BCUT2D eigenvalue weighted by atomic mass is 16.5. The fourth-order valence-corrected chi connectivity index (χ4v) is 1.98. The third-order valence-corrected chi connectivity index (χ3v) is 3.00. The number of carbonyl (C=O) groups excluding carboxylic acids is 1. The van der Waals surface area contributed by atoms with Crippen molar-refractivity contribution in [3.05, 3.63) is 48.0 Å². The predicted octanol–water partition coefficient (Wildman–Crippen LogP) is 1.97. The molecule has 0 unspecified atom stereocenters. The van der Waals surface area contributed by atoms with Gasteiger partial charge in [0.25, 0.3) is 5.91 Å². The second kappa shape index (κ2) is 7.62. The van der Waals surface area contributed by atoms with E-state index in [1.54, 1.807) is 0 Å². The zero-order valence-electron chi connectivity index (χ0n) is 11.3. The van der Waals surface area contributed by atoms with Crippen LogP contribution in [0.25, 0.3) is 10.8 Å². The molecule has 0 aliphatic rings. The normalized spacial score (nSPS) is 10.7. The number of ether oxygens (including phenoxy) is 1. The number of carbonyl (C=O) groups is 1. The smallest absolute Gasteiger partial charge is 0.251 e. The Balaban J connectivity index is 1.84. The first-order valence-electron chi connectivity index (χ1n) is 6.77. The van der Waals surface area contributed by atoms with Crippen molar-refractivity contribution >= 4 is 16.7 Å². The molecule has 0 aromatic heterocycles. The number of aliphatic hydroxyl groups is 1.